The van der Waals surface area contributed by atoms with Crippen LogP contribution < -0.4 is 5.32 Å². The number of carboxylic acid groups (broad SMARTS) is 1. The zero-order chi connectivity index (χ0) is 23.1. The van der Waals surface area contributed by atoms with E-state index in [1.54, 1.807) is 30.3 Å². The van der Waals surface area contributed by atoms with E-state index in [0.717, 1.165) is 23.2 Å². The summed E-state index contributed by atoms with van der Waals surface area (Å²) in [5, 5.41) is 24.3. The van der Waals surface area contributed by atoms with Crippen molar-refractivity contribution in [2.45, 2.75) is 33.9 Å². The number of nitrogens with one attached hydrogen (secondary N) is 1. The number of nitro groups is 1. The fourth-order valence-electron chi connectivity index (χ4n) is 5.11. The summed E-state index contributed by atoms with van der Waals surface area (Å²) in [4.78, 5) is 23.4. The molecule has 1 aliphatic heterocycles. The molecule has 0 bridgehead atoms. The van der Waals surface area contributed by atoms with Crippen LogP contribution in [0.25, 0.3) is 0 Å². The first-order valence-electron chi connectivity index (χ1n) is 10.7. The Morgan fingerprint density at radius 2 is 1.82 bits per heavy atom. The molecule has 0 amide bonds. The van der Waals surface area contributed by atoms with Gasteiger partial charge in [0.25, 0.3) is 5.69 Å². The van der Waals surface area contributed by atoms with Gasteiger partial charge < -0.3 is 10.4 Å². The Morgan fingerprint density at radius 1 is 1.09 bits per heavy atom. The number of rotatable bonds is 5. The first-order chi connectivity index (χ1) is 15.9. The van der Waals surface area contributed by atoms with Crippen LogP contribution in [-0.4, -0.2) is 26.6 Å². The van der Waals surface area contributed by atoms with Gasteiger partial charge >= 0.3 is 5.97 Å². The Bertz CT molecular complexity index is 1220. The maximum absolute atomic E-state index is 11.6. The van der Waals surface area contributed by atoms with E-state index in [-0.39, 0.29) is 44.7 Å². The second-order valence-corrected chi connectivity index (χ2v) is 10.2. The predicted octanol–water partition coefficient (Wildman–Crippen LogP) is 6.33. The summed E-state index contributed by atoms with van der Waals surface area (Å²) in [6, 6.07) is 22.0. The van der Waals surface area contributed by atoms with Crippen LogP contribution in [0, 0.1) is 16.0 Å². The number of fused-ring (bicyclic) bond motifs is 3. The van der Waals surface area contributed by atoms with Crippen LogP contribution in [0.15, 0.2) is 77.7 Å². The van der Waals surface area contributed by atoms with Crippen molar-refractivity contribution >= 4 is 40.7 Å². The summed E-state index contributed by atoms with van der Waals surface area (Å²) in [5.41, 5.74) is 3.23. The normalized spacial score (nSPS) is 25.5. The Hall–Kier alpha value is -3.03. The Kier molecular flexibility index (Phi) is 5.76. The number of hydrogen-bond acceptors (Lipinski definition) is 5. The fourth-order valence-corrected chi connectivity index (χ4v) is 7.05. The van der Waals surface area contributed by atoms with E-state index in [1.807, 2.05) is 24.3 Å². The van der Waals surface area contributed by atoms with Crippen LogP contribution in [0.5, 0.6) is 0 Å². The van der Waals surface area contributed by atoms with Crippen LogP contribution in [0.3, 0.4) is 0 Å². The molecule has 1 aliphatic carbocycles. The highest BCUT2D eigenvalue weighted by molar-refractivity contribution is 8.00. The lowest BCUT2D eigenvalue weighted by atomic mass is 9.77. The van der Waals surface area contributed by atoms with E-state index in [1.165, 1.54) is 17.8 Å². The van der Waals surface area contributed by atoms with Crippen molar-refractivity contribution in [2.24, 2.45) is 5.92 Å². The van der Waals surface area contributed by atoms with Gasteiger partial charge in [-0.25, -0.2) is 4.79 Å². The fraction of sp³-hybridized carbons (Fsp3) is 0.240. The molecule has 0 radical (unpaired) electrons. The van der Waals surface area contributed by atoms with Crippen LogP contribution in [0.2, 0.25) is 0 Å². The number of para-hydroxylation sites is 1. The molecule has 8 heteroatoms. The first kappa shape index (κ1) is 21.8. The molecule has 1 heterocycles. The number of halogens is 1. The number of aromatic carboxylic acids is 1. The molecular formula is C25H21ClN2O4S. The summed E-state index contributed by atoms with van der Waals surface area (Å²) >= 11 is 8.53. The first-order valence-corrected chi connectivity index (χ1v) is 12.0. The van der Waals surface area contributed by atoms with E-state index in [0.29, 0.717) is 4.90 Å². The Labute approximate surface area is 200 Å². The minimum Gasteiger partial charge on any atom is -0.478 e. The molecule has 1 saturated carbocycles. The molecule has 5 atom stereocenters. The molecule has 168 valence electrons. The van der Waals surface area contributed by atoms with Gasteiger partial charge in [-0.1, -0.05) is 42.5 Å². The summed E-state index contributed by atoms with van der Waals surface area (Å²) in [6.45, 7) is 0. The lowest BCUT2D eigenvalue weighted by Gasteiger charge is -2.38. The molecular weight excluding hydrogens is 460 g/mol. The molecule has 6 nitrogen and oxygen atoms in total. The number of anilines is 1. The minimum atomic E-state index is -0.977. The van der Waals surface area contributed by atoms with Gasteiger partial charge in [-0.15, -0.1) is 23.4 Å². The average molecular weight is 481 g/mol. The molecule has 33 heavy (non-hydrogen) atoms. The highest BCUT2D eigenvalue weighted by Gasteiger charge is 2.50. The predicted molar refractivity (Wildman–Crippen MR) is 129 cm³/mol. The maximum atomic E-state index is 11.6. The number of nitrogens with zero attached hydrogens (tertiary/aromatic N) is 1. The maximum Gasteiger partial charge on any atom is 0.335 e. The molecule has 2 N–H and O–H groups in total. The third-order valence-electron chi connectivity index (χ3n) is 6.56. The van der Waals surface area contributed by atoms with Crippen molar-refractivity contribution in [3.8, 4) is 0 Å². The van der Waals surface area contributed by atoms with Gasteiger partial charge in [0.2, 0.25) is 0 Å². The topological polar surface area (TPSA) is 92.5 Å². The molecule has 0 aromatic heterocycles. The van der Waals surface area contributed by atoms with Crippen molar-refractivity contribution in [2.75, 3.05) is 5.32 Å². The van der Waals surface area contributed by atoms with Crippen LogP contribution in [-0.2, 0) is 0 Å². The van der Waals surface area contributed by atoms with Gasteiger partial charge in [0.05, 0.1) is 26.8 Å². The molecule has 0 saturated heterocycles. The van der Waals surface area contributed by atoms with Crippen molar-refractivity contribution in [3.63, 3.8) is 0 Å². The lowest BCUT2D eigenvalue weighted by Crippen LogP contribution is -2.31. The van der Waals surface area contributed by atoms with Crippen LogP contribution >= 0.6 is 23.4 Å². The van der Waals surface area contributed by atoms with Crippen LogP contribution in [0.4, 0.5) is 11.4 Å². The van der Waals surface area contributed by atoms with Crippen LogP contribution in [0.1, 0.15) is 39.9 Å². The van der Waals surface area contributed by atoms with Gasteiger partial charge in [0.15, 0.2) is 0 Å². The standard InChI is InChI=1S/C25H21ClN2O4S/c26-23-21(33-20-9-5-4-8-19(20)28(31)32)13-17-22(23)16-12-15(25(29)30)10-11-18(16)27-24(17)14-6-2-1-3-7-14/h1-12,17,21-24,27H,13H2,(H,29,30)/t17-,21-,22+,23-,24+/m1/s1. The van der Waals surface area contributed by atoms with Gasteiger partial charge in [-0.3, -0.25) is 10.1 Å². The highest BCUT2D eigenvalue weighted by Crippen LogP contribution is 2.58. The summed E-state index contributed by atoms with van der Waals surface area (Å²) in [7, 11) is 0. The van der Waals surface area contributed by atoms with Gasteiger partial charge in [0.1, 0.15) is 0 Å². The molecule has 3 aromatic rings. The van der Waals surface area contributed by atoms with E-state index < -0.39 is 5.97 Å². The summed E-state index contributed by atoms with van der Waals surface area (Å²) < 4.78 is 0. The number of benzene rings is 3. The van der Waals surface area contributed by atoms with Crippen molar-refractivity contribution in [3.05, 3.63) is 99.6 Å². The van der Waals surface area contributed by atoms with Gasteiger partial charge in [-0.05, 0) is 47.7 Å². The van der Waals surface area contributed by atoms with Crippen molar-refractivity contribution in [1.29, 1.82) is 0 Å². The second-order valence-electron chi connectivity index (χ2n) is 8.39. The molecule has 3 aromatic carbocycles. The third kappa shape index (κ3) is 3.96. The number of nitro benzene ring substituents is 1. The molecule has 0 unspecified atom stereocenters. The minimum absolute atomic E-state index is 0.0111. The summed E-state index contributed by atoms with van der Waals surface area (Å²) in [6.07, 6.45) is 0.749. The van der Waals surface area contributed by atoms with E-state index in [4.69, 9.17) is 11.6 Å². The average Bonchev–Trinajstić information content (AvgIpc) is 3.15. The Morgan fingerprint density at radius 3 is 2.55 bits per heavy atom. The quantitative estimate of drug-likeness (QED) is 0.252. The zero-order valence-electron chi connectivity index (χ0n) is 17.4. The molecule has 2 aliphatic rings. The van der Waals surface area contributed by atoms with Gasteiger partial charge in [-0.2, -0.15) is 0 Å². The molecule has 5 rings (SSSR count). The molecule has 0 spiro atoms. The van der Waals surface area contributed by atoms with Gasteiger partial charge in [0, 0.05) is 22.9 Å². The van der Waals surface area contributed by atoms with E-state index in [9.17, 15) is 20.0 Å². The second kappa shape index (κ2) is 8.72. The summed E-state index contributed by atoms with van der Waals surface area (Å²) in [5.74, 6) is -0.936. The largest absolute Gasteiger partial charge is 0.478 e. The number of carboxylic acids is 1. The number of carbonyl (C=O) groups is 1. The molecule has 1 fully saturated rings. The van der Waals surface area contributed by atoms with Crippen molar-refractivity contribution < 1.29 is 14.8 Å². The third-order valence-corrected chi connectivity index (χ3v) is 8.67. The zero-order valence-corrected chi connectivity index (χ0v) is 19.0. The number of alkyl halides is 1. The number of hydrogen-bond donors (Lipinski definition) is 2. The van der Waals surface area contributed by atoms with E-state index in [2.05, 4.69) is 17.4 Å². The van der Waals surface area contributed by atoms with Crippen molar-refractivity contribution in [1.82, 2.24) is 0 Å². The smallest absolute Gasteiger partial charge is 0.335 e. The van der Waals surface area contributed by atoms with E-state index >= 15 is 0 Å². The SMILES string of the molecule is O=C(O)c1ccc2c(c1)[C@@H]1[C@H](Cl)[C@H](Sc3ccccc3[N+](=O)[O-])C[C@H]1[C@H](c1ccccc1)N2. The lowest BCUT2D eigenvalue weighted by molar-refractivity contribution is -0.387. The monoisotopic (exact) mass is 480 g/mol. The Balaban J connectivity index is 1.55. The number of thioether (sulfide) groups is 1. The highest BCUT2D eigenvalue weighted by atomic mass is 35.5.